The second kappa shape index (κ2) is 3.59. The van der Waals surface area contributed by atoms with Gasteiger partial charge in [-0.3, -0.25) is 4.68 Å². The van der Waals surface area contributed by atoms with E-state index in [-0.39, 0.29) is 0 Å². The Bertz CT molecular complexity index is 434. The van der Waals surface area contributed by atoms with E-state index in [0.29, 0.717) is 19.0 Å². The molecule has 0 saturated carbocycles. The second-order valence-electron chi connectivity index (χ2n) is 2.96. The van der Waals surface area contributed by atoms with Gasteiger partial charge in [0, 0.05) is 26.3 Å². The van der Waals surface area contributed by atoms with Gasteiger partial charge in [-0.2, -0.15) is 10.1 Å². The lowest BCUT2D eigenvalue weighted by molar-refractivity contribution is 0.785. The molecule has 0 unspecified atom stereocenters. The summed E-state index contributed by atoms with van der Waals surface area (Å²) in [7, 11) is 1.85. The zero-order chi connectivity index (χ0) is 9.97. The first-order valence-electron chi connectivity index (χ1n) is 4.40. The molecular formula is C8H12N6. The van der Waals surface area contributed by atoms with E-state index in [9.17, 15) is 0 Å². The summed E-state index contributed by atoms with van der Waals surface area (Å²) >= 11 is 0. The summed E-state index contributed by atoms with van der Waals surface area (Å²) in [5.74, 6) is 0.589. The Kier molecular flexibility index (Phi) is 2.28. The average Bonchev–Trinajstić information content (AvgIpc) is 2.57. The lowest BCUT2D eigenvalue weighted by Crippen LogP contribution is -2.14. The van der Waals surface area contributed by atoms with Crippen LogP contribution in [0.4, 0.5) is 5.95 Å². The van der Waals surface area contributed by atoms with Crippen molar-refractivity contribution in [1.82, 2.24) is 19.7 Å². The van der Waals surface area contributed by atoms with Crippen molar-refractivity contribution in [2.24, 2.45) is 12.8 Å². The molecule has 0 bridgehead atoms. The Morgan fingerprint density at radius 2 is 2.36 bits per heavy atom. The molecule has 2 aromatic rings. The van der Waals surface area contributed by atoms with Crippen molar-refractivity contribution in [3.8, 4) is 0 Å². The smallest absolute Gasteiger partial charge is 0.224 e. The van der Waals surface area contributed by atoms with Crippen LogP contribution in [-0.4, -0.2) is 32.8 Å². The molecule has 2 aromatic heterocycles. The van der Waals surface area contributed by atoms with Gasteiger partial charge in [0.25, 0.3) is 0 Å². The van der Waals surface area contributed by atoms with Crippen molar-refractivity contribution >= 4 is 17.0 Å². The molecule has 0 amide bonds. The van der Waals surface area contributed by atoms with Gasteiger partial charge < -0.3 is 11.1 Å². The Hall–Kier alpha value is -1.69. The van der Waals surface area contributed by atoms with Crippen LogP contribution in [0.5, 0.6) is 0 Å². The first kappa shape index (κ1) is 8.89. The Balaban J connectivity index is 2.34. The van der Waals surface area contributed by atoms with Crippen LogP contribution in [0.25, 0.3) is 11.0 Å². The number of nitrogens with two attached hydrogens (primary N) is 1. The summed E-state index contributed by atoms with van der Waals surface area (Å²) in [6, 6.07) is 0. The fourth-order valence-electron chi connectivity index (χ4n) is 1.21. The number of nitrogens with zero attached hydrogens (tertiary/aromatic N) is 4. The van der Waals surface area contributed by atoms with Gasteiger partial charge in [0.1, 0.15) is 0 Å². The maximum absolute atomic E-state index is 5.36. The molecule has 3 N–H and O–H groups in total. The molecule has 0 fully saturated rings. The third kappa shape index (κ3) is 1.51. The molecule has 0 aromatic carbocycles. The van der Waals surface area contributed by atoms with Crippen LogP contribution >= 0.6 is 0 Å². The molecule has 0 aliphatic carbocycles. The maximum atomic E-state index is 5.36. The fourth-order valence-corrected chi connectivity index (χ4v) is 1.21. The third-order valence-electron chi connectivity index (χ3n) is 1.90. The van der Waals surface area contributed by atoms with E-state index in [0.717, 1.165) is 11.0 Å². The predicted molar refractivity (Wildman–Crippen MR) is 53.8 cm³/mol. The van der Waals surface area contributed by atoms with E-state index in [1.54, 1.807) is 17.1 Å². The van der Waals surface area contributed by atoms with Crippen LogP contribution < -0.4 is 11.1 Å². The highest BCUT2D eigenvalue weighted by atomic mass is 15.3. The van der Waals surface area contributed by atoms with Gasteiger partial charge in [-0.15, -0.1) is 0 Å². The van der Waals surface area contributed by atoms with Gasteiger partial charge in [0.05, 0.1) is 11.6 Å². The van der Waals surface area contributed by atoms with Crippen LogP contribution in [0.1, 0.15) is 0 Å². The van der Waals surface area contributed by atoms with Gasteiger partial charge in [0.2, 0.25) is 5.95 Å². The van der Waals surface area contributed by atoms with Crippen molar-refractivity contribution in [3.63, 3.8) is 0 Å². The Morgan fingerprint density at radius 3 is 3.14 bits per heavy atom. The number of anilines is 1. The van der Waals surface area contributed by atoms with E-state index in [4.69, 9.17) is 5.73 Å². The molecule has 2 heterocycles. The van der Waals surface area contributed by atoms with E-state index >= 15 is 0 Å². The van der Waals surface area contributed by atoms with Gasteiger partial charge in [-0.1, -0.05) is 0 Å². The van der Waals surface area contributed by atoms with Gasteiger partial charge in [0.15, 0.2) is 5.65 Å². The van der Waals surface area contributed by atoms with Crippen LogP contribution in [0, 0.1) is 0 Å². The number of rotatable bonds is 3. The highest BCUT2D eigenvalue weighted by Crippen LogP contribution is 2.10. The molecule has 0 spiro atoms. The van der Waals surface area contributed by atoms with E-state index in [1.807, 2.05) is 7.05 Å². The highest BCUT2D eigenvalue weighted by Gasteiger charge is 2.02. The van der Waals surface area contributed by atoms with Crippen LogP contribution in [0.3, 0.4) is 0 Å². The van der Waals surface area contributed by atoms with Crippen LogP contribution in [-0.2, 0) is 7.05 Å². The minimum absolute atomic E-state index is 0.562. The Morgan fingerprint density at radius 1 is 1.50 bits per heavy atom. The first-order chi connectivity index (χ1) is 6.81. The molecule has 0 aliphatic heterocycles. The van der Waals surface area contributed by atoms with Crippen molar-refractivity contribution in [3.05, 3.63) is 12.4 Å². The van der Waals surface area contributed by atoms with Crippen molar-refractivity contribution in [2.45, 2.75) is 0 Å². The van der Waals surface area contributed by atoms with Gasteiger partial charge >= 0.3 is 0 Å². The van der Waals surface area contributed by atoms with Crippen LogP contribution in [0.2, 0.25) is 0 Å². The van der Waals surface area contributed by atoms with Crippen molar-refractivity contribution in [1.29, 1.82) is 0 Å². The third-order valence-corrected chi connectivity index (χ3v) is 1.90. The highest BCUT2D eigenvalue weighted by molar-refractivity contribution is 5.74. The van der Waals surface area contributed by atoms with Gasteiger partial charge in [-0.25, -0.2) is 4.98 Å². The summed E-state index contributed by atoms with van der Waals surface area (Å²) in [5.41, 5.74) is 6.18. The monoisotopic (exact) mass is 192 g/mol. The van der Waals surface area contributed by atoms with E-state index in [2.05, 4.69) is 20.4 Å². The maximum Gasteiger partial charge on any atom is 0.224 e. The molecule has 6 heteroatoms. The number of fused-ring (bicyclic) bond motifs is 1. The molecular weight excluding hydrogens is 180 g/mol. The van der Waals surface area contributed by atoms with E-state index < -0.39 is 0 Å². The average molecular weight is 192 g/mol. The zero-order valence-electron chi connectivity index (χ0n) is 7.94. The lowest BCUT2D eigenvalue weighted by Gasteiger charge is -2.01. The standard InChI is InChI=1S/C8H12N6/c1-14-7-6(5-12-14)4-11-8(13-7)10-3-2-9/h4-5H,2-3,9H2,1H3,(H,10,11,13). The summed E-state index contributed by atoms with van der Waals surface area (Å²) in [6.07, 6.45) is 3.48. The zero-order valence-corrected chi connectivity index (χ0v) is 7.94. The quantitative estimate of drug-likeness (QED) is 0.699. The molecule has 0 radical (unpaired) electrons. The molecule has 0 atom stereocenters. The summed E-state index contributed by atoms with van der Waals surface area (Å²) < 4.78 is 1.71. The molecule has 0 saturated heterocycles. The number of nitrogens with one attached hydrogen (secondary N) is 1. The van der Waals surface area contributed by atoms with Crippen molar-refractivity contribution in [2.75, 3.05) is 18.4 Å². The summed E-state index contributed by atoms with van der Waals surface area (Å²) in [5, 5.41) is 8.03. The SMILES string of the molecule is Cn1ncc2cnc(NCCN)nc21. The Labute approximate surface area is 81.1 Å². The minimum atomic E-state index is 0.562. The second-order valence-corrected chi connectivity index (χ2v) is 2.96. The summed E-state index contributed by atoms with van der Waals surface area (Å²) in [6.45, 7) is 1.23. The number of hydrogen-bond donors (Lipinski definition) is 2. The fraction of sp³-hybridized carbons (Fsp3) is 0.375. The van der Waals surface area contributed by atoms with Crippen molar-refractivity contribution < 1.29 is 0 Å². The van der Waals surface area contributed by atoms with E-state index in [1.165, 1.54) is 0 Å². The minimum Gasteiger partial charge on any atom is -0.353 e. The number of aryl methyl sites for hydroxylation is 1. The summed E-state index contributed by atoms with van der Waals surface area (Å²) in [4.78, 5) is 8.42. The number of aromatic nitrogens is 4. The molecule has 0 aliphatic rings. The normalized spacial score (nSPS) is 10.7. The molecule has 6 nitrogen and oxygen atoms in total. The first-order valence-corrected chi connectivity index (χ1v) is 4.40. The number of hydrogen-bond acceptors (Lipinski definition) is 5. The molecule has 2 rings (SSSR count). The topological polar surface area (TPSA) is 81.7 Å². The van der Waals surface area contributed by atoms with Gasteiger partial charge in [-0.05, 0) is 0 Å². The molecule has 14 heavy (non-hydrogen) atoms. The molecule has 74 valence electrons. The largest absolute Gasteiger partial charge is 0.353 e. The van der Waals surface area contributed by atoms with Crippen LogP contribution in [0.15, 0.2) is 12.4 Å². The predicted octanol–water partition coefficient (Wildman–Crippen LogP) is -0.266. The lowest BCUT2D eigenvalue weighted by atomic mass is 10.4.